The molecule has 0 bridgehead atoms. The SMILES string of the molecule is Cc1noc(C)c1CCC(=O)N1CCC2(CC1)OCCC[C@H]2O. The van der Waals surface area contributed by atoms with Crippen molar-refractivity contribution in [2.24, 2.45) is 0 Å². The van der Waals surface area contributed by atoms with E-state index in [2.05, 4.69) is 5.16 Å². The average molecular weight is 322 g/mol. The number of amides is 1. The highest BCUT2D eigenvalue weighted by molar-refractivity contribution is 5.76. The lowest BCUT2D eigenvalue weighted by molar-refractivity contribution is -0.179. The van der Waals surface area contributed by atoms with Crippen LogP contribution in [0, 0.1) is 13.8 Å². The van der Waals surface area contributed by atoms with Crippen molar-refractivity contribution in [1.82, 2.24) is 10.1 Å². The number of aliphatic hydroxyl groups excluding tert-OH is 1. The monoisotopic (exact) mass is 322 g/mol. The summed E-state index contributed by atoms with van der Waals surface area (Å²) >= 11 is 0. The van der Waals surface area contributed by atoms with Gasteiger partial charge in [0.15, 0.2) is 0 Å². The third-order valence-electron chi connectivity index (χ3n) is 5.35. The molecule has 2 fully saturated rings. The molecule has 2 saturated heterocycles. The molecule has 2 aliphatic rings. The number of hydrogen-bond donors (Lipinski definition) is 1. The summed E-state index contributed by atoms with van der Waals surface area (Å²) in [5, 5.41) is 14.2. The number of piperidine rings is 1. The van der Waals surface area contributed by atoms with Crippen molar-refractivity contribution in [2.45, 2.75) is 64.1 Å². The first-order valence-corrected chi connectivity index (χ1v) is 8.53. The largest absolute Gasteiger partial charge is 0.390 e. The topological polar surface area (TPSA) is 75.8 Å². The zero-order valence-electron chi connectivity index (χ0n) is 14.0. The molecular weight excluding hydrogens is 296 g/mol. The van der Waals surface area contributed by atoms with Crippen molar-refractivity contribution >= 4 is 5.91 Å². The molecule has 1 amide bonds. The van der Waals surface area contributed by atoms with Gasteiger partial charge in [-0.05, 0) is 46.0 Å². The van der Waals surface area contributed by atoms with Crippen molar-refractivity contribution in [3.05, 3.63) is 17.0 Å². The number of likely N-dealkylation sites (tertiary alicyclic amines) is 1. The van der Waals surface area contributed by atoms with E-state index in [1.807, 2.05) is 18.7 Å². The zero-order valence-corrected chi connectivity index (χ0v) is 14.0. The van der Waals surface area contributed by atoms with Gasteiger partial charge >= 0.3 is 0 Å². The van der Waals surface area contributed by atoms with E-state index in [1.54, 1.807) is 0 Å². The van der Waals surface area contributed by atoms with Gasteiger partial charge in [-0.25, -0.2) is 0 Å². The Morgan fingerprint density at radius 1 is 1.39 bits per heavy atom. The van der Waals surface area contributed by atoms with Crippen LogP contribution in [0.1, 0.15) is 49.1 Å². The molecule has 0 aromatic carbocycles. The van der Waals surface area contributed by atoms with Crippen LogP contribution < -0.4 is 0 Å². The van der Waals surface area contributed by atoms with Crippen LogP contribution in [0.2, 0.25) is 0 Å². The molecule has 6 nitrogen and oxygen atoms in total. The fourth-order valence-electron chi connectivity index (χ4n) is 3.77. The van der Waals surface area contributed by atoms with E-state index in [-0.39, 0.29) is 5.91 Å². The predicted octanol–water partition coefficient (Wildman–Crippen LogP) is 1.76. The maximum atomic E-state index is 12.4. The molecule has 0 unspecified atom stereocenters. The second-order valence-corrected chi connectivity index (χ2v) is 6.75. The summed E-state index contributed by atoms with van der Waals surface area (Å²) in [5.74, 6) is 0.955. The van der Waals surface area contributed by atoms with Gasteiger partial charge < -0.3 is 19.3 Å². The molecular formula is C17H26N2O4. The molecule has 0 aliphatic carbocycles. The first kappa shape index (κ1) is 16.5. The molecule has 1 spiro atoms. The Kier molecular flexibility index (Phi) is 4.73. The van der Waals surface area contributed by atoms with Crippen LogP contribution in [0.25, 0.3) is 0 Å². The van der Waals surface area contributed by atoms with Crippen LogP contribution in [0.4, 0.5) is 0 Å². The zero-order chi connectivity index (χ0) is 16.4. The molecule has 6 heteroatoms. The van der Waals surface area contributed by atoms with Gasteiger partial charge in [0.1, 0.15) is 5.76 Å². The molecule has 23 heavy (non-hydrogen) atoms. The van der Waals surface area contributed by atoms with Gasteiger partial charge in [-0.1, -0.05) is 5.16 Å². The van der Waals surface area contributed by atoms with Gasteiger partial charge in [0, 0.05) is 31.7 Å². The van der Waals surface area contributed by atoms with Gasteiger partial charge in [0.25, 0.3) is 0 Å². The quantitative estimate of drug-likeness (QED) is 0.917. The van der Waals surface area contributed by atoms with Crippen molar-refractivity contribution in [2.75, 3.05) is 19.7 Å². The number of aromatic nitrogens is 1. The number of aryl methyl sites for hydroxylation is 2. The number of rotatable bonds is 3. The summed E-state index contributed by atoms with van der Waals surface area (Å²) in [6, 6.07) is 0. The summed E-state index contributed by atoms with van der Waals surface area (Å²) in [4.78, 5) is 14.3. The predicted molar refractivity (Wildman–Crippen MR) is 84.0 cm³/mol. The molecule has 1 aromatic rings. The third kappa shape index (κ3) is 3.28. The van der Waals surface area contributed by atoms with Crippen molar-refractivity contribution in [3.63, 3.8) is 0 Å². The van der Waals surface area contributed by atoms with Crippen LogP contribution in [0.5, 0.6) is 0 Å². The van der Waals surface area contributed by atoms with Gasteiger partial charge in [0.2, 0.25) is 5.91 Å². The summed E-state index contributed by atoms with van der Waals surface area (Å²) in [6.07, 6.45) is 3.93. The fourth-order valence-corrected chi connectivity index (χ4v) is 3.77. The lowest BCUT2D eigenvalue weighted by Crippen LogP contribution is -2.56. The normalized spacial score (nSPS) is 24.1. The van der Waals surface area contributed by atoms with E-state index in [9.17, 15) is 9.90 Å². The second kappa shape index (κ2) is 6.61. The second-order valence-electron chi connectivity index (χ2n) is 6.75. The number of carbonyl (C=O) groups excluding carboxylic acids is 1. The summed E-state index contributed by atoms with van der Waals surface area (Å²) in [7, 11) is 0. The summed E-state index contributed by atoms with van der Waals surface area (Å²) in [5.41, 5.74) is 1.49. The molecule has 128 valence electrons. The Bertz CT molecular complexity index is 541. The highest BCUT2D eigenvalue weighted by Gasteiger charge is 2.44. The molecule has 3 rings (SSSR count). The van der Waals surface area contributed by atoms with E-state index in [4.69, 9.17) is 9.26 Å². The lowest BCUT2D eigenvalue weighted by Gasteiger charge is -2.46. The van der Waals surface area contributed by atoms with Crippen molar-refractivity contribution in [1.29, 1.82) is 0 Å². The molecule has 1 atom stereocenters. The van der Waals surface area contributed by atoms with E-state index in [0.717, 1.165) is 49.3 Å². The Hall–Kier alpha value is -1.40. The van der Waals surface area contributed by atoms with Gasteiger partial charge in [0.05, 0.1) is 17.4 Å². The third-order valence-corrected chi connectivity index (χ3v) is 5.35. The molecule has 2 aliphatic heterocycles. The van der Waals surface area contributed by atoms with Gasteiger partial charge in [-0.2, -0.15) is 0 Å². The van der Waals surface area contributed by atoms with Crippen LogP contribution in [-0.4, -0.2) is 52.5 Å². The highest BCUT2D eigenvalue weighted by Crippen LogP contribution is 2.35. The van der Waals surface area contributed by atoms with Crippen LogP contribution in [-0.2, 0) is 16.0 Å². The summed E-state index contributed by atoms with van der Waals surface area (Å²) < 4.78 is 11.0. The first-order valence-electron chi connectivity index (χ1n) is 8.53. The number of nitrogens with zero attached hydrogens (tertiary/aromatic N) is 2. The van der Waals surface area contributed by atoms with E-state index in [0.29, 0.717) is 25.9 Å². The maximum absolute atomic E-state index is 12.4. The number of ether oxygens (including phenoxy) is 1. The van der Waals surface area contributed by atoms with Gasteiger partial charge in [-0.15, -0.1) is 0 Å². The van der Waals surface area contributed by atoms with Crippen LogP contribution in [0.15, 0.2) is 4.52 Å². The highest BCUT2D eigenvalue weighted by atomic mass is 16.5. The van der Waals surface area contributed by atoms with Crippen LogP contribution in [0.3, 0.4) is 0 Å². The Morgan fingerprint density at radius 3 is 2.74 bits per heavy atom. The van der Waals surface area contributed by atoms with E-state index < -0.39 is 11.7 Å². The fraction of sp³-hybridized carbons (Fsp3) is 0.765. The summed E-state index contributed by atoms with van der Waals surface area (Å²) in [6.45, 7) is 5.83. The molecule has 0 radical (unpaired) electrons. The smallest absolute Gasteiger partial charge is 0.222 e. The maximum Gasteiger partial charge on any atom is 0.222 e. The van der Waals surface area contributed by atoms with E-state index in [1.165, 1.54) is 0 Å². The molecule has 3 heterocycles. The Balaban J connectivity index is 1.52. The van der Waals surface area contributed by atoms with Crippen molar-refractivity contribution < 1.29 is 19.2 Å². The molecule has 1 aromatic heterocycles. The standard InChI is InChI=1S/C17H26N2O4/c1-12-14(13(2)23-18-12)5-6-16(21)19-9-7-17(8-10-19)15(20)4-3-11-22-17/h15,20H,3-11H2,1-2H3/t15-/m1/s1. The number of carbonyl (C=O) groups is 1. The minimum Gasteiger partial charge on any atom is -0.390 e. The minimum atomic E-state index is -0.420. The Labute approximate surface area is 136 Å². The Morgan fingerprint density at radius 2 is 2.13 bits per heavy atom. The number of hydrogen-bond acceptors (Lipinski definition) is 5. The van der Waals surface area contributed by atoms with Gasteiger partial charge in [-0.3, -0.25) is 4.79 Å². The molecule has 0 saturated carbocycles. The van der Waals surface area contributed by atoms with Crippen LogP contribution >= 0.6 is 0 Å². The average Bonchev–Trinajstić information content (AvgIpc) is 2.87. The minimum absolute atomic E-state index is 0.158. The number of aliphatic hydroxyl groups is 1. The van der Waals surface area contributed by atoms with Crippen molar-refractivity contribution in [3.8, 4) is 0 Å². The van der Waals surface area contributed by atoms with E-state index >= 15 is 0 Å². The lowest BCUT2D eigenvalue weighted by atomic mass is 9.82. The molecule has 1 N–H and O–H groups in total. The first-order chi connectivity index (χ1) is 11.0.